The number of nitrogens with one attached hydrogen (secondary N) is 3. The molecule has 10 heteroatoms. The SMILES string of the molecule is CC.COc1cc2c(Nc3ccc(Oc4cccc(NCC(=O)NC5CC5)c4)cc3)c(C#N)cnc2cc1OCCCCl. The van der Waals surface area contributed by atoms with Crippen molar-refractivity contribution in [3.05, 3.63) is 72.4 Å². The van der Waals surface area contributed by atoms with Crippen molar-refractivity contribution in [2.75, 3.05) is 36.8 Å². The molecule has 1 fully saturated rings. The Morgan fingerprint density at radius 3 is 2.53 bits per heavy atom. The number of methoxy groups -OCH3 is 1. The van der Waals surface area contributed by atoms with E-state index in [0.29, 0.717) is 64.7 Å². The van der Waals surface area contributed by atoms with E-state index < -0.39 is 0 Å². The molecule has 3 aromatic carbocycles. The second kappa shape index (κ2) is 15.5. The molecule has 0 bridgehead atoms. The van der Waals surface area contributed by atoms with Crippen LogP contribution in [-0.4, -0.2) is 43.1 Å². The maximum Gasteiger partial charge on any atom is 0.239 e. The van der Waals surface area contributed by atoms with Gasteiger partial charge in [-0.15, -0.1) is 11.6 Å². The molecule has 43 heavy (non-hydrogen) atoms. The van der Waals surface area contributed by atoms with Gasteiger partial charge in [0.05, 0.1) is 37.0 Å². The number of carbonyl (C=O) groups excluding carboxylic acids is 1. The van der Waals surface area contributed by atoms with Crippen LogP contribution >= 0.6 is 11.6 Å². The lowest BCUT2D eigenvalue weighted by Crippen LogP contribution is -2.31. The molecule has 3 N–H and O–H groups in total. The Bertz CT molecular complexity index is 1570. The largest absolute Gasteiger partial charge is 0.493 e. The highest BCUT2D eigenvalue weighted by Crippen LogP contribution is 2.37. The fourth-order valence-electron chi connectivity index (χ4n) is 4.17. The summed E-state index contributed by atoms with van der Waals surface area (Å²) >= 11 is 5.77. The van der Waals surface area contributed by atoms with Gasteiger partial charge in [0.25, 0.3) is 0 Å². The number of pyridine rings is 1. The summed E-state index contributed by atoms with van der Waals surface area (Å²) in [4.78, 5) is 16.4. The van der Waals surface area contributed by atoms with Crippen molar-refractivity contribution in [3.8, 4) is 29.1 Å². The summed E-state index contributed by atoms with van der Waals surface area (Å²) in [6.07, 6.45) is 4.36. The molecule has 5 rings (SSSR count). The van der Waals surface area contributed by atoms with Gasteiger partial charge in [0.1, 0.15) is 17.6 Å². The van der Waals surface area contributed by atoms with E-state index in [9.17, 15) is 10.1 Å². The van der Waals surface area contributed by atoms with Gasteiger partial charge in [-0.3, -0.25) is 9.78 Å². The molecule has 1 amide bonds. The molecule has 1 saturated carbocycles. The Kier molecular flexibility index (Phi) is 11.3. The van der Waals surface area contributed by atoms with E-state index in [-0.39, 0.29) is 12.5 Å². The average Bonchev–Trinajstić information content (AvgIpc) is 3.86. The minimum absolute atomic E-state index is 0.0158. The van der Waals surface area contributed by atoms with Crippen LogP contribution in [0.15, 0.2) is 66.9 Å². The number of aromatic nitrogens is 1. The van der Waals surface area contributed by atoms with E-state index in [1.165, 1.54) is 6.20 Å². The molecule has 1 heterocycles. The van der Waals surface area contributed by atoms with Gasteiger partial charge in [-0.25, -0.2) is 0 Å². The van der Waals surface area contributed by atoms with Crippen molar-refractivity contribution < 1.29 is 19.0 Å². The van der Waals surface area contributed by atoms with Crippen molar-refractivity contribution in [3.63, 3.8) is 0 Å². The Hall–Kier alpha value is -4.68. The summed E-state index contributed by atoms with van der Waals surface area (Å²) in [5.74, 6) is 2.87. The van der Waals surface area contributed by atoms with Gasteiger partial charge in [-0.2, -0.15) is 5.26 Å². The summed E-state index contributed by atoms with van der Waals surface area (Å²) in [6.45, 7) is 4.67. The highest BCUT2D eigenvalue weighted by Gasteiger charge is 2.22. The standard InChI is InChI=1S/C31H30ClN5O4.C2H6/c1-39-28-15-26-27(16-29(28)40-13-3-12-32)35-18-20(17-33)31(26)37-22-8-10-24(11-9-22)41-25-5-2-4-23(14-25)34-19-30(38)36-21-6-7-21;1-2/h2,4-5,8-11,14-16,18,21,34H,3,6-7,12-13,19H2,1H3,(H,35,37)(H,36,38);1-2H3. The Labute approximate surface area is 257 Å². The number of alkyl halides is 1. The van der Waals surface area contributed by atoms with Crippen molar-refractivity contribution in [2.45, 2.75) is 39.2 Å². The lowest BCUT2D eigenvalue weighted by atomic mass is 10.1. The van der Waals surface area contributed by atoms with Gasteiger partial charge in [0.2, 0.25) is 5.91 Å². The van der Waals surface area contributed by atoms with Crippen LogP contribution in [0.2, 0.25) is 0 Å². The molecule has 0 spiro atoms. The maximum absolute atomic E-state index is 12.0. The van der Waals surface area contributed by atoms with Crippen molar-refractivity contribution >= 4 is 45.5 Å². The number of nitriles is 1. The molecule has 9 nitrogen and oxygen atoms in total. The monoisotopic (exact) mass is 601 g/mol. The minimum atomic E-state index is -0.0158. The number of benzene rings is 3. The zero-order chi connectivity index (χ0) is 30.6. The number of hydrogen-bond acceptors (Lipinski definition) is 8. The van der Waals surface area contributed by atoms with Gasteiger partial charge in [-0.1, -0.05) is 19.9 Å². The third-order valence-corrected chi connectivity index (χ3v) is 6.67. The average molecular weight is 602 g/mol. The Balaban J connectivity index is 0.00000207. The molecular weight excluding hydrogens is 566 g/mol. The molecule has 0 atom stereocenters. The zero-order valence-electron chi connectivity index (χ0n) is 24.6. The number of hydrogen-bond donors (Lipinski definition) is 3. The maximum atomic E-state index is 12.0. The van der Waals surface area contributed by atoms with E-state index in [2.05, 4.69) is 27.0 Å². The number of rotatable bonds is 13. The molecule has 0 unspecified atom stereocenters. The number of fused-ring (bicyclic) bond motifs is 1. The fraction of sp³-hybridized carbons (Fsp3) is 0.303. The van der Waals surface area contributed by atoms with Crippen LogP contribution in [0.3, 0.4) is 0 Å². The zero-order valence-corrected chi connectivity index (χ0v) is 25.3. The number of anilines is 3. The Morgan fingerprint density at radius 2 is 1.84 bits per heavy atom. The summed E-state index contributed by atoms with van der Waals surface area (Å²) in [5, 5.41) is 19.9. The van der Waals surface area contributed by atoms with Crippen molar-refractivity contribution in [1.29, 1.82) is 5.26 Å². The first-order valence-electron chi connectivity index (χ1n) is 14.3. The summed E-state index contributed by atoms with van der Waals surface area (Å²) < 4.78 is 17.4. The molecular formula is C33H36ClN5O4. The highest BCUT2D eigenvalue weighted by atomic mass is 35.5. The second-order valence-corrected chi connectivity index (χ2v) is 9.92. The van der Waals surface area contributed by atoms with E-state index in [0.717, 1.165) is 29.6 Å². The summed E-state index contributed by atoms with van der Waals surface area (Å²) in [7, 11) is 1.57. The van der Waals surface area contributed by atoms with E-state index in [1.54, 1.807) is 13.2 Å². The smallest absolute Gasteiger partial charge is 0.239 e. The lowest BCUT2D eigenvalue weighted by Gasteiger charge is -2.15. The van der Waals surface area contributed by atoms with Gasteiger partial charge in [-0.05, 0) is 61.7 Å². The van der Waals surface area contributed by atoms with Crippen LogP contribution in [0.25, 0.3) is 10.9 Å². The van der Waals surface area contributed by atoms with Crippen LogP contribution in [-0.2, 0) is 4.79 Å². The first-order chi connectivity index (χ1) is 21.1. The lowest BCUT2D eigenvalue weighted by molar-refractivity contribution is -0.119. The summed E-state index contributed by atoms with van der Waals surface area (Å²) in [6, 6.07) is 21.0. The van der Waals surface area contributed by atoms with E-state index >= 15 is 0 Å². The third kappa shape index (κ3) is 8.66. The molecule has 224 valence electrons. The quantitative estimate of drug-likeness (QED) is 0.107. The van der Waals surface area contributed by atoms with Crippen molar-refractivity contribution in [2.24, 2.45) is 0 Å². The summed E-state index contributed by atoms with van der Waals surface area (Å²) in [5.41, 5.74) is 3.22. The molecule has 1 aliphatic rings. The van der Waals surface area contributed by atoms with Gasteiger partial charge < -0.3 is 30.2 Å². The number of amides is 1. The number of ether oxygens (including phenoxy) is 3. The van der Waals surface area contributed by atoms with Crippen LogP contribution in [0, 0.1) is 11.3 Å². The predicted octanol–water partition coefficient (Wildman–Crippen LogP) is 7.38. The molecule has 1 aromatic heterocycles. The van der Waals surface area contributed by atoms with Gasteiger partial charge in [0.15, 0.2) is 11.5 Å². The molecule has 0 saturated heterocycles. The highest BCUT2D eigenvalue weighted by molar-refractivity contribution is 6.17. The topological polar surface area (TPSA) is 118 Å². The van der Waals surface area contributed by atoms with Crippen molar-refractivity contribution in [1.82, 2.24) is 10.3 Å². The molecule has 4 aromatic rings. The van der Waals surface area contributed by atoms with Crippen LogP contribution in [0.4, 0.5) is 17.1 Å². The van der Waals surface area contributed by atoms with E-state index in [4.69, 9.17) is 25.8 Å². The molecule has 0 aliphatic heterocycles. The van der Waals surface area contributed by atoms with Gasteiger partial charge in [0, 0.05) is 47.0 Å². The van der Waals surface area contributed by atoms with Crippen LogP contribution in [0.5, 0.6) is 23.0 Å². The first kappa shape index (κ1) is 31.3. The second-order valence-electron chi connectivity index (χ2n) is 9.54. The normalized spacial score (nSPS) is 11.9. The minimum Gasteiger partial charge on any atom is -0.493 e. The Morgan fingerprint density at radius 1 is 1.05 bits per heavy atom. The van der Waals surface area contributed by atoms with Crippen LogP contribution in [0.1, 0.15) is 38.7 Å². The van der Waals surface area contributed by atoms with Gasteiger partial charge >= 0.3 is 0 Å². The predicted molar refractivity (Wildman–Crippen MR) is 171 cm³/mol. The molecule has 0 radical (unpaired) electrons. The molecule has 1 aliphatic carbocycles. The number of nitrogens with zero attached hydrogens (tertiary/aromatic N) is 2. The first-order valence-corrected chi connectivity index (χ1v) is 14.9. The van der Waals surface area contributed by atoms with Crippen LogP contribution < -0.4 is 30.2 Å². The number of carbonyl (C=O) groups is 1. The van der Waals surface area contributed by atoms with E-state index in [1.807, 2.05) is 68.4 Å². The third-order valence-electron chi connectivity index (χ3n) is 6.40. The fourth-order valence-corrected chi connectivity index (χ4v) is 4.28. The number of halogens is 1.